The molecule has 3 rings (SSSR count). The van der Waals surface area contributed by atoms with Crippen LogP contribution in [0, 0.1) is 0 Å². The third-order valence-corrected chi connectivity index (χ3v) is 4.86. The highest BCUT2D eigenvalue weighted by Gasteiger charge is 2.18. The fourth-order valence-corrected chi connectivity index (χ4v) is 3.15. The number of phenolic OH excluding ortho intramolecular Hbond substituents is 1. The largest absolute Gasteiger partial charge is 0.504 e. The maximum atomic E-state index is 11.4. The molecule has 0 aliphatic rings. The van der Waals surface area contributed by atoms with Crippen LogP contribution in [0.4, 0.5) is 11.6 Å². The molecule has 2 aromatic carbocycles. The normalized spacial score (nSPS) is 12.1. The van der Waals surface area contributed by atoms with Gasteiger partial charge in [-0.15, -0.1) is 19.7 Å². The number of fused-ring (bicyclic) bond motifs is 1. The molecule has 152 valence electrons. The number of phenols is 1. The van der Waals surface area contributed by atoms with Crippen molar-refractivity contribution in [3.05, 3.63) is 30.1 Å². The average molecular weight is 443 g/mol. The Morgan fingerprint density at radius 1 is 1.24 bits per heavy atom. The van der Waals surface area contributed by atoms with Crippen LogP contribution in [0.3, 0.4) is 0 Å². The molecule has 3 aromatic rings. The summed E-state index contributed by atoms with van der Waals surface area (Å²) in [5.41, 5.74) is -0.279. The molecule has 0 aliphatic carbocycles. The summed E-state index contributed by atoms with van der Waals surface area (Å²) < 4.78 is 36.4. The number of aromatic hydroxyl groups is 1. The molecule has 0 bridgehead atoms. The van der Waals surface area contributed by atoms with Crippen molar-refractivity contribution in [2.75, 3.05) is 0 Å². The number of aromatic nitrogens is 3. The SMILES string of the molecule is O=C(O)c1nc(N=Nc2c(O)c(SOOO)cc3ccc(S(=O)(=O)O)cc23)n[nH]1. The van der Waals surface area contributed by atoms with Gasteiger partial charge < -0.3 is 10.2 Å². The van der Waals surface area contributed by atoms with Crippen LogP contribution in [0.15, 0.2) is 44.3 Å². The number of aromatic carboxylic acids is 1. The van der Waals surface area contributed by atoms with Gasteiger partial charge in [-0.25, -0.2) is 10.1 Å². The Morgan fingerprint density at radius 2 is 2.00 bits per heavy atom. The third kappa shape index (κ3) is 4.47. The fraction of sp³-hybridized carbons (Fsp3) is 0. The predicted octanol–water partition coefficient (Wildman–Crippen LogP) is 2.45. The van der Waals surface area contributed by atoms with Crippen LogP contribution >= 0.6 is 12.0 Å². The van der Waals surface area contributed by atoms with Gasteiger partial charge in [0.25, 0.3) is 16.1 Å². The molecule has 5 N–H and O–H groups in total. The van der Waals surface area contributed by atoms with Gasteiger partial charge in [0, 0.05) is 5.39 Å². The number of carbonyl (C=O) groups is 1. The molecule has 1 heterocycles. The van der Waals surface area contributed by atoms with E-state index in [2.05, 4.69) is 34.8 Å². The summed E-state index contributed by atoms with van der Waals surface area (Å²) >= 11 is 0.409. The molecule has 0 saturated carbocycles. The molecule has 0 amide bonds. The van der Waals surface area contributed by atoms with Gasteiger partial charge in [0.2, 0.25) is 5.82 Å². The van der Waals surface area contributed by atoms with Gasteiger partial charge in [0.1, 0.15) is 5.69 Å². The summed E-state index contributed by atoms with van der Waals surface area (Å²) in [5.74, 6) is -2.82. The fourth-order valence-electron chi connectivity index (χ4n) is 2.19. The Hall–Kier alpha value is -3.15. The minimum atomic E-state index is -4.55. The first-order valence-electron chi connectivity index (χ1n) is 7.20. The predicted molar refractivity (Wildman–Crippen MR) is 93.6 cm³/mol. The van der Waals surface area contributed by atoms with Crippen molar-refractivity contribution in [3.63, 3.8) is 0 Å². The van der Waals surface area contributed by atoms with Crippen molar-refractivity contribution < 1.29 is 42.6 Å². The van der Waals surface area contributed by atoms with Crippen molar-refractivity contribution in [2.45, 2.75) is 9.79 Å². The minimum absolute atomic E-state index is 0.00122. The van der Waals surface area contributed by atoms with Crippen molar-refractivity contribution in [3.8, 4) is 5.75 Å². The van der Waals surface area contributed by atoms with Crippen LogP contribution in [0.1, 0.15) is 10.6 Å². The zero-order chi connectivity index (χ0) is 21.2. The van der Waals surface area contributed by atoms with E-state index in [1.807, 2.05) is 0 Å². The lowest BCUT2D eigenvalue weighted by Crippen LogP contribution is -1.98. The van der Waals surface area contributed by atoms with E-state index in [0.717, 1.165) is 12.1 Å². The molecule has 0 aliphatic heterocycles. The van der Waals surface area contributed by atoms with Gasteiger partial charge >= 0.3 is 5.97 Å². The van der Waals surface area contributed by atoms with Gasteiger partial charge in [-0.1, -0.05) is 11.1 Å². The Kier molecular flexibility index (Phi) is 5.73. The number of carboxylic acids is 1. The molecule has 14 nitrogen and oxygen atoms in total. The van der Waals surface area contributed by atoms with Crippen LogP contribution < -0.4 is 0 Å². The van der Waals surface area contributed by atoms with Gasteiger partial charge in [-0.3, -0.25) is 9.65 Å². The molecule has 1 aromatic heterocycles. The van der Waals surface area contributed by atoms with Crippen molar-refractivity contribution in [2.24, 2.45) is 10.2 Å². The Morgan fingerprint density at radius 3 is 2.62 bits per heavy atom. The smallest absolute Gasteiger partial charge is 0.373 e. The highest BCUT2D eigenvalue weighted by atomic mass is 32.2. The molecule has 0 fully saturated rings. The Labute approximate surface area is 164 Å². The zero-order valence-electron chi connectivity index (χ0n) is 13.7. The van der Waals surface area contributed by atoms with E-state index in [1.54, 1.807) is 0 Å². The first kappa shape index (κ1) is 20.6. The molecule has 0 unspecified atom stereocenters. The van der Waals surface area contributed by atoms with Gasteiger partial charge in [-0.2, -0.15) is 13.4 Å². The molecule has 0 spiro atoms. The number of H-pyrrole nitrogens is 1. The van der Waals surface area contributed by atoms with Crippen molar-refractivity contribution in [1.82, 2.24) is 15.2 Å². The van der Waals surface area contributed by atoms with Crippen LogP contribution in [0.5, 0.6) is 5.75 Å². The second-order valence-electron chi connectivity index (χ2n) is 5.15. The summed E-state index contributed by atoms with van der Waals surface area (Å²) in [6.45, 7) is 0. The number of azo groups is 1. The van der Waals surface area contributed by atoms with Crippen LogP contribution in [0.2, 0.25) is 0 Å². The van der Waals surface area contributed by atoms with Gasteiger partial charge in [0.05, 0.1) is 21.8 Å². The summed E-state index contributed by atoms with van der Waals surface area (Å²) in [7, 11) is -4.55. The Bertz CT molecular complexity index is 1220. The second-order valence-corrected chi connectivity index (χ2v) is 7.31. The average Bonchev–Trinajstić information content (AvgIpc) is 3.14. The van der Waals surface area contributed by atoms with E-state index in [0.29, 0.717) is 17.4 Å². The first-order valence-corrected chi connectivity index (χ1v) is 9.38. The van der Waals surface area contributed by atoms with E-state index < -0.39 is 32.6 Å². The quantitative estimate of drug-likeness (QED) is 0.117. The van der Waals surface area contributed by atoms with Crippen LogP contribution in [0.25, 0.3) is 10.8 Å². The maximum absolute atomic E-state index is 11.4. The van der Waals surface area contributed by atoms with Crippen LogP contribution in [-0.2, 0) is 19.5 Å². The first-order chi connectivity index (χ1) is 13.7. The van der Waals surface area contributed by atoms with Crippen molar-refractivity contribution >= 4 is 50.5 Å². The van der Waals surface area contributed by atoms with Crippen molar-refractivity contribution in [1.29, 1.82) is 0 Å². The molecule has 0 saturated heterocycles. The summed E-state index contributed by atoms with van der Waals surface area (Å²) in [5, 5.41) is 44.4. The van der Waals surface area contributed by atoms with E-state index in [1.165, 1.54) is 12.1 Å². The molecular weight excluding hydrogens is 434 g/mol. The lowest BCUT2D eigenvalue weighted by Gasteiger charge is -2.09. The lowest BCUT2D eigenvalue weighted by atomic mass is 10.1. The number of rotatable bonds is 7. The monoisotopic (exact) mass is 443 g/mol. The van der Waals surface area contributed by atoms with Crippen LogP contribution in [-0.4, -0.2) is 49.6 Å². The number of benzene rings is 2. The summed E-state index contributed by atoms with van der Waals surface area (Å²) in [6, 6.07) is 4.83. The third-order valence-electron chi connectivity index (χ3n) is 3.39. The summed E-state index contributed by atoms with van der Waals surface area (Å²) in [6.07, 6.45) is 0. The number of hydrogen-bond acceptors (Lipinski definition) is 12. The zero-order valence-corrected chi connectivity index (χ0v) is 15.4. The van der Waals surface area contributed by atoms with Gasteiger partial charge in [-0.05, 0) is 23.6 Å². The van der Waals surface area contributed by atoms with Gasteiger partial charge in [0.15, 0.2) is 5.75 Å². The number of nitrogens with one attached hydrogen (secondary N) is 1. The Balaban J connectivity index is 2.17. The number of hydrogen-bond donors (Lipinski definition) is 5. The van der Waals surface area contributed by atoms with E-state index in [-0.39, 0.29) is 21.9 Å². The molecule has 0 atom stereocenters. The highest BCUT2D eigenvalue weighted by Crippen LogP contribution is 2.44. The molecular formula is C13H9N5O9S2. The minimum Gasteiger partial charge on any atom is -0.504 e. The highest BCUT2D eigenvalue weighted by molar-refractivity contribution is 7.94. The number of nitrogens with zero attached hydrogens (tertiary/aromatic N) is 4. The standard InChI is InChI=1S/C13H9N5O9S2/c19-10-8(28-27-26-22)3-5-1-2-6(29(23,24)25)4-7(5)9(10)15-17-13-14-11(12(20)21)16-18-13/h1-4,19,22H,(H,20,21)(H,14,16,18)(H,23,24,25). The second kappa shape index (κ2) is 8.07. The lowest BCUT2D eigenvalue weighted by molar-refractivity contribution is -0.432. The van der Waals surface area contributed by atoms with E-state index in [4.69, 9.17) is 10.4 Å². The molecule has 0 radical (unpaired) electrons. The number of carboxylic acid groups (broad SMARTS) is 1. The van der Waals surface area contributed by atoms with E-state index >= 15 is 0 Å². The number of aromatic amines is 1. The summed E-state index contributed by atoms with van der Waals surface area (Å²) in [4.78, 5) is 13.9. The topological polar surface area (TPSA) is 217 Å². The molecule has 16 heteroatoms. The molecule has 29 heavy (non-hydrogen) atoms. The van der Waals surface area contributed by atoms with E-state index in [9.17, 15) is 22.9 Å². The maximum Gasteiger partial charge on any atom is 0.373 e.